The van der Waals surface area contributed by atoms with Crippen LogP contribution in [0, 0.1) is 0 Å². The predicted molar refractivity (Wildman–Crippen MR) is 139 cm³/mol. The quantitative estimate of drug-likeness (QED) is 0.397. The van der Waals surface area contributed by atoms with E-state index in [2.05, 4.69) is 16.0 Å². The van der Waals surface area contributed by atoms with Gasteiger partial charge in [0, 0.05) is 38.3 Å². The van der Waals surface area contributed by atoms with Crippen molar-refractivity contribution in [3.8, 4) is 28.5 Å². The lowest BCUT2D eigenvalue weighted by atomic mass is 10.1. The van der Waals surface area contributed by atoms with E-state index < -0.39 is 6.10 Å². The Kier molecular flexibility index (Phi) is 6.32. The Morgan fingerprint density at radius 2 is 1.70 bits per heavy atom. The standard InChI is InChI=1S/C29H28N4O4/c1-20(37-23-9-7-22(8-10-23)26-17-30-24-4-2-3-5-25(24)31-26)29(34)33-14-12-32(13-15-33)18-21-6-11-27-28(16-21)36-19-35-27/h2-11,16-17,20H,12-15,18-19H2,1H3/t20-/m1/s1. The van der Waals surface area contributed by atoms with Gasteiger partial charge in [0.2, 0.25) is 6.79 Å². The smallest absolute Gasteiger partial charge is 0.263 e. The predicted octanol–water partition coefficient (Wildman–Crippen LogP) is 4.14. The van der Waals surface area contributed by atoms with Gasteiger partial charge in [-0.2, -0.15) is 0 Å². The number of fused-ring (bicyclic) bond motifs is 2. The van der Waals surface area contributed by atoms with E-state index in [0.717, 1.165) is 53.4 Å². The van der Waals surface area contributed by atoms with Crippen LogP contribution in [0.15, 0.2) is 72.9 Å². The van der Waals surface area contributed by atoms with Gasteiger partial charge < -0.3 is 19.1 Å². The topological polar surface area (TPSA) is 77.0 Å². The van der Waals surface area contributed by atoms with Crippen molar-refractivity contribution >= 4 is 16.9 Å². The lowest BCUT2D eigenvalue weighted by Crippen LogP contribution is -2.51. The van der Waals surface area contributed by atoms with Crippen molar-refractivity contribution in [1.29, 1.82) is 0 Å². The Hall–Kier alpha value is -4.17. The fourth-order valence-corrected chi connectivity index (χ4v) is 4.74. The van der Waals surface area contributed by atoms with Crippen LogP contribution in [-0.4, -0.2) is 64.8 Å². The molecule has 4 aromatic rings. The van der Waals surface area contributed by atoms with E-state index in [-0.39, 0.29) is 12.7 Å². The summed E-state index contributed by atoms with van der Waals surface area (Å²) < 4.78 is 16.9. The van der Waals surface area contributed by atoms with E-state index in [1.165, 1.54) is 5.56 Å². The van der Waals surface area contributed by atoms with Gasteiger partial charge in [-0.15, -0.1) is 0 Å². The number of rotatable bonds is 6. The lowest BCUT2D eigenvalue weighted by Gasteiger charge is -2.35. The number of carbonyl (C=O) groups excluding carboxylic acids is 1. The summed E-state index contributed by atoms with van der Waals surface area (Å²) in [4.78, 5) is 26.5. The summed E-state index contributed by atoms with van der Waals surface area (Å²) in [7, 11) is 0. The third kappa shape index (κ3) is 5.06. The Bertz CT molecular complexity index is 1420. The van der Waals surface area contributed by atoms with E-state index >= 15 is 0 Å². The van der Waals surface area contributed by atoms with Gasteiger partial charge in [-0.25, -0.2) is 4.98 Å². The zero-order valence-electron chi connectivity index (χ0n) is 20.7. The van der Waals surface area contributed by atoms with Crippen molar-refractivity contribution in [2.24, 2.45) is 0 Å². The number of hydrogen-bond acceptors (Lipinski definition) is 7. The van der Waals surface area contributed by atoms with Gasteiger partial charge in [0.1, 0.15) is 5.75 Å². The molecule has 0 unspecified atom stereocenters. The molecule has 0 aliphatic carbocycles. The molecule has 1 saturated heterocycles. The van der Waals surface area contributed by atoms with Crippen LogP contribution in [0.2, 0.25) is 0 Å². The van der Waals surface area contributed by atoms with Crippen LogP contribution in [0.3, 0.4) is 0 Å². The largest absolute Gasteiger partial charge is 0.481 e. The number of piperazine rings is 1. The molecule has 0 spiro atoms. The molecule has 0 N–H and O–H groups in total. The van der Waals surface area contributed by atoms with Crippen LogP contribution in [0.5, 0.6) is 17.2 Å². The average molecular weight is 497 g/mol. The molecule has 0 saturated carbocycles. The number of benzene rings is 3. The van der Waals surface area contributed by atoms with Crippen LogP contribution in [0.4, 0.5) is 0 Å². The minimum atomic E-state index is -0.563. The summed E-state index contributed by atoms with van der Waals surface area (Å²) in [5.74, 6) is 2.26. The maximum Gasteiger partial charge on any atom is 0.263 e. The van der Waals surface area contributed by atoms with Gasteiger partial charge in [0.15, 0.2) is 17.6 Å². The lowest BCUT2D eigenvalue weighted by molar-refractivity contribution is -0.139. The van der Waals surface area contributed by atoms with E-state index in [4.69, 9.17) is 19.2 Å². The zero-order valence-corrected chi connectivity index (χ0v) is 20.7. The Morgan fingerprint density at radius 1 is 0.946 bits per heavy atom. The van der Waals surface area contributed by atoms with E-state index in [1.54, 1.807) is 6.20 Å². The second kappa shape index (κ2) is 10.1. The van der Waals surface area contributed by atoms with Gasteiger partial charge in [-0.05, 0) is 61.0 Å². The summed E-state index contributed by atoms with van der Waals surface area (Å²) >= 11 is 0. The van der Waals surface area contributed by atoms with Gasteiger partial charge >= 0.3 is 0 Å². The maximum absolute atomic E-state index is 13.0. The number of carbonyl (C=O) groups is 1. The summed E-state index contributed by atoms with van der Waals surface area (Å²) in [6.07, 6.45) is 1.21. The summed E-state index contributed by atoms with van der Waals surface area (Å²) in [5, 5.41) is 0. The first-order valence-electron chi connectivity index (χ1n) is 12.5. The van der Waals surface area contributed by atoms with Crippen molar-refractivity contribution < 1.29 is 19.0 Å². The number of hydrogen-bond donors (Lipinski definition) is 0. The maximum atomic E-state index is 13.0. The van der Waals surface area contributed by atoms with E-state index in [9.17, 15) is 4.79 Å². The minimum absolute atomic E-state index is 0.00667. The number of nitrogens with zero attached hydrogens (tertiary/aromatic N) is 4. The molecule has 37 heavy (non-hydrogen) atoms. The average Bonchev–Trinajstić information content (AvgIpc) is 3.41. The number of ether oxygens (including phenoxy) is 3. The van der Waals surface area contributed by atoms with Crippen LogP contribution in [0.1, 0.15) is 12.5 Å². The van der Waals surface area contributed by atoms with Gasteiger partial charge in [-0.1, -0.05) is 18.2 Å². The molecule has 6 rings (SSSR count). The Balaban J connectivity index is 1.02. The third-order valence-electron chi connectivity index (χ3n) is 6.79. The second-order valence-corrected chi connectivity index (χ2v) is 9.32. The van der Waals surface area contributed by atoms with Crippen LogP contribution < -0.4 is 14.2 Å². The monoisotopic (exact) mass is 496 g/mol. The van der Waals surface area contributed by atoms with Gasteiger partial charge in [0.25, 0.3) is 5.91 Å². The van der Waals surface area contributed by atoms with Gasteiger partial charge in [0.05, 0.1) is 22.9 Å². The molecule has 3 heterocycles. The second-order valence-electron chi connectivity index (χ2n) is 9.32. The highest BCUT2D eigenvalue weighted by Gasteiger charge is 2.26. The minimum Gasteiger partial charge on any atom is -0.481 e. The van der Waals surface area contributed by atoms with Crippen molar-refractivity contribution in [2.75, 3.05) is 33.0 Å². The molecule has 2 aliphatic rings. The van der Waals surface area contributed by atoms with Gasteiger partial charge in [-0.3, -0.25) is 14.7 Å². The van der Waals surface area contributed by atoms with Crippen LogP contribution in [0.25, 0.3) is 22.3 Å². The number of aromatic nitrogens is 2. The SMILES string of the molecule is C[C@@H](Oc1ccc(-c2cnc3ccccc3n2)cc1)C(=O)N1CCN(Cc2ccc3c(c2)OCO3)CC1. The van der Waals surface area contributed by atoms with Crippen molar-refractivity contribution in [3.05, 3.63) is 78.5 Å². The molecule has 8 heteroatoms. The molecule has 1 aromatic heterocycles. The third-order valence-corrected chi connectivity index (χ3v) is 6.79. The fourth-order valence-electron chi connectivity index (χ4n) is 4.74. The Labute approximate surface area is 215 Å². The molecule has 188 valence electrons. The molecule has 3 aromatic carbocycles. The molecular formula is C29H28N4O4. The summed E-state index contributed by atoms with van der Waals surface area (Å²) in [6.45, 7) is 5.89. The molecule has 8 nitrogen and oxygen atoms in total. The normalized spacial score (nSPS) is 16.1. The first-order chi connectivity index (χ1) is 18.1. The number of para-hydroxylation sites is 2. The molecular weight excluding hydrogens is 468 g/mol. The molecule has 1 amide bonds. The van der Waals surface area contributed by atoms with E-state index in [1.807, 2.05) is 72.5 Å². The molecule has 1 atom stereocenters. The zero-order chi connectivity index (χ0) is 25.2. The molecule has 0 bridgehead atoms. The van der Waals surface area contributed by atoms with Crippen LogP contribution in [-0.2, 0) is 11.3 Å². The first kappa shape index (κ1) is 23.2. The van der Waals surface area contributed by atoms with Crippen LogP contribution >= 0.6 is 0 Å². The molecule has 0 radical (unpaired) electrons. The first-order valence-corrected chi connectivity index (χ1v) is 12.5. The highest BCUT2D eigenvalue weighted by atomic mass is 16.7. The highest BCUT2D eigenvalue weighted by molar-refractivity contribution is 5.81. The van der Waals surface area contributed by atoms with Crippen molar-refractivity contribution in [1.82, 2.24) is 19.8 Å². The van der Waals surface area contributed by atoms with E-state index in [0.29, 0.717) is 18.8 Å². The summed E-state index contributed by atoms with van der Waals surface area (Å²) in [6, 6.07) is 21.5. The molecule has 1 fully saturated rings. The van der Waals surface area contributed by atoms with Crippen molar-refractivity contribution in [2.45, 2.75) is 19.6 Å². The highest BCUT2D eigenvalue weighted by Crippen LogP contribution is 2.33. The van der Waals surface area contributed by atoms with Crippen molar-refractivity contribution in [3.63, 3.8) is 0 Å². The Morgan fingerprint density at radius 3 is 2.51 bits per heavy atom. The molecule has 2 aliphatic heterocycles. The number of amides is 1. The fraction of sp³-hybridized carbons (Fsp3) is 0.276. The summed E-state index contributed by atoms with van der Waals surface area (Å²) in [5.41, 5.74) is 4.65.